The molecule has 23 heavy (non-hydrogen) atoms. The molecule has 0 bridgehead atoms. The molecule has 0 aliphatic carbocycles. The molecule has 124 valence electrons. The van der Waals surface area contributed by atoms with Crippen molar-refractivity contribution in [3.8, 4) is 11.5 Å². The standard InChI is InChI=1S/C18H23NO3S/c1-10-7-8-16(11(2)9-10)22-23(21)19-17-14(5)12(3)13(4)15(6)18(17)20/h7-9,19-20H,1-6H3. The smallest absolute Gasteiger partial charge is 0.316 e. The van der Waals surface area contributed by atoms with Crippen LogP contribution in [0.5, 0.6) is 11.5 Å². The number of nitrogens with one attached hydrogen (secondary N) is 1. The van der Waals surface area contributed by atoms with Crippen molar-refractivity contribution >= 4 is 17.0 Å². The van der Waals surface area contributed by atoms with Gasteiger partial charge in [0.1, 0.15) is 11.5 Å². The summed E-state index contributed by atoms with van der Waals surface area (Å²) >= 11 is -1.79. The summed E-state index contributed by atoms with van der Waals surface area (Å²) in [6.45, 7) is 11.6. The summed E-state index contributed by atoms with van der Waals surface area (Å²) in [6.07, 6.45) is 0. The van der Waals surface area contributed by atoms with Gasteiger partial charge in [-0.3, -0.25) is 4.72 Å². The van der Waals surface area contributed by atoms with E-state index in [0.29, 0.717) is 11.4 Å². The summed E-state index contributed by atoms with van der Waals surface area (Å²) in [5.74, 6) is 0.669. The predicted molar refractivity (Wildman–Crippen MR) is 95.4 cm³/mol. The summed E-state index contributed by atoms with van der Waals surface area (Å²) in [5, 5.41) is 10.3. The van der Waals surface area contributed by atoms with Crippen molar-refractivity contribution in [2.75, 3.05) is 4.72 Å². The highest BCUT2D eigenvalue weighted by atomic mass is 32.2. The van der Waals surface area contributed by atoms with E-state index in [1.807, 2.05) is 53.7 Å². The Kier molecular flexibility index (Phi) is 5.00. The first kappa shape index (κ1) is 17.3. The number of hydrogen-bond donors (Lipinski definition) is 2. The first-order chi connectivity index (χ1) is 10.7. The van der Waals surface area contributed by atoms with E-state index < -0.39 is 11.3 Å². The number of anilines is 1. The second-order valence-corrected chi connectivity index (χ2v) is 6.75. The van der Waals surface area contributed by atoms with Crippen LogP contribution in [0.15, 0.2) is 18.2 Å². The molecular formula is C18H23NO3S. The molecule has 0 saturated carbocycles. The minimum atomic E-state index is -1.79. The van der Waals surface area contributed by atoms with Gasteiger partial charge >= 0.3 is 11.3 Å². The Labute approximate surface area is 140 Å². The Morgan fingerprint density at radius 1 is 0.957 bits per heavy atom. The molecule has 0 saturated heterocycles. The van der Waals surface area contributed by atoms with Crippen molar-refractivity contribution in [1.29, 1.82) is 0 Å². The van der Waals surface area contributed by atoms with Crippen LogP contribution in [0.3, 0.4) is 0 Å². The van der Waals surface area contributed by atoms with Crippen molar-refractivity contribution in [3.63, 3.8) is 0 Å². The molecule has 4 nitrogen and oxygen atoms in total. The first-order valence-electron chi connectivity index (χ1n) is 7.45. The normalized spacial score (nSPS) is 12.1. The highest BCUT2D eigenvalue weighted by Crippen LogP contribution is 2.36. The van der Waals surface area contributed by atoms with Gasteiger partial charge in [-0.05, 0) is 75.4 Å². The Morgan fingerprint density at radius 2 is 1.57 bits per heavy atom. The Hall–Kier alpha value is -2.01. The van der Waals surface area contributed by atoms with Crippen LogP contribution in [0.25, 0.3) is 0 Å². The topological polar surface area (TPSA) is 58.6 Å². The third-order valence-corrected chi connectivity index (χ3v) is 5.04. The average molecular weight is 333 g/mol. The van der Waals surface area contributed by atoms with E-state index >= 15 is 0 Å². The summed E-state index contributed by atoms with van der Waals surface area (Å²) in [5.41, 5.74) is 6.22. The molecule has 0 spiro atoms. The fourth-order valence-electron chi connectivity index (χ4n) is 2.50. The monoisotopic (exact) mass is 333 g/mol. The lowest BCUT2D eigenvalue weighted by molar-refractivity contribution is 0.472. The minimum absolute atomic E-state index is 0.114. The van der Waals surface area contributed by atoms with Gasteiger partial charge in [0, 0.05) is 0 Å². The third-order valence-electron chi connectivity index (χ3n) is 4.34. The summed E-state index contributed by atoms with van der Waals surface area (Å²) < 4.78 is 20.5. The zero-order chi connectivity index (χ0) is 17.3. The summed E-state index contributed by atoms with van der Waals surface area (Å²) in [4.78, 5) is 0. The molecule has 2 aromatic carbocycles. The maximum atomic E-state index is 12.3. The van der Waals surface area contributed by atoms with Crippen LogP contribution in [-0.2, 0) is 11.3 Å². The Bertz CT molecular complexity index is 755. The molecule has 0 radical (unpaired) electrons. The second kappa shape index (κ2) is 6.62. The summed E-state index contributed by atoms with van der Waals surface area (Å²) in [6, 6.07) is 5.67. The molecule has 0 aliphatic heterocycles. The zero-order valence-electron chi connectivity index (χ0n) is 14.4. The number of aryl methyl sites for hydroxylation is 2. The number of aromatic hydroxyl groups is 1. The fraction of sp³-hybridized carbons (Fsp3) is 0.333. The van der Waals surface area contributed by atoms with Crippen LogP contribution in [0.1, 0.15) is 33.4 Å². The highest BCUT2D eigenvalue weighted by molar-refractivity contribution is 7.82. The minimum Gasteiger partial charge on any atom is -0.505 e. The molecule has 0 fully saturated rings. The molecule has 2 aromatic rings. The van der Waals surface area contributed by atoms with Crippen molar-refractivity contribution in [2.45, 2.75) is 41.5 Å². The van der Waals surface area contributed by atoms with Crippen molar-refractivity contribution in [2.24, 2.45) is 0 Å². The van der Waals surface area contributed by atoms with Crippen LogP contribution in [0.2, 0.25) is 0 Å². The van der Waals surface area contributed by atoms with Gasteiger partial charge in [0.05, 0.1) is 5.69 Å². The molecule has 1 unspecified atom stereocenters. The first-order valence-corrected chi connectivity index (χ1v) is 8.53. The van der Waals surface area contributed by atoms with E-state index in [4.69, 9.17) is 4.18 Å². The van der Waals surface area contributed by atoms with Gasteiger partial charge in [-0.1, -0.05) is 17.7 Å². The van der Waals surface area contributed by atoms with Crippen LogP contribution in [-0.4, -0.2) is 9.32 Å². The van der Waals surface area contributed by atoms with E-state index in [1.54, 1.807) is 6.07 Å². The van der Waals surface area contributed by atoms with Crippen LogP contribution >= 0.6 is 0 Å². The maximum Gasteiger partial charge on any atom is 0.316 e. The third kappa shape index (κ3) is 3.50. The maximum absolute atomic E-state index is 12.3. The van der Waals surface area contributed by atoms with E-state index in [-0.39, 0.29) is 5.75 Å². The molecule has 0 heterocycles. The van der Waals surface area contributed by atoms with Crippen LogP contribution in [0, 0.1) is 41.5 Å². The summed E-state index contributed by atoms with van der Waals surface area (Å²) in [7, 11) is 0. The Balaban J connectivity index is 2.27. The van der Waals surface area contributed by atoms with E-state index in [1.165, 1.54) is 0 Å². The molecule has 0 amide bonds. The van der Waals surface area contributed by atoms with Crippen LogP contribution in [0.4, 0.5) is 5.69 Å². The molecule has 1 atom stereocenters. The van der Waals surface area contributed by atoms with Gasteiger partial charge in [0.15, 0.2) is 0 Å². The van der Waals surface area contributed by atoms with E-state index in [2.05, 4.69) is 4.72 Å². The van der Waals surface area contributed by atoms with Crippen molar-refractivity contribution in [3.05, 3.63) is 51.6 Å². The molecule has 0 aliphatic rings. The largest absolute Gasteiger partial charge is 0.505 e. The lowest BCUT2D eigenvalue weighted by Crippen LogP contribution is -2.13. The average Bonchev–Trinajstić information content (AvgIpc) is 2.50. The van der Waals surface area contributed by atoms with Gasteiger partial charge in [-0.2, -0.15) is 4.21 Å². The lowest BCUT2D eigenvalue weighted by Gasteiger charge is -2.18. The number of benzene rings is 2. The SMILES string of the molecule is Cc1ccc(OS(=O)Nc2c(C)c(C)c(C)c(C)c2O)c(C)c1. The lowest BCUT2D eigenvalue weighted by atomic mass is 9.97. The molecular weight excluding hydrogens is 310 g/mol. The highest BCUT2D eigenvalue weighted by Gasteiger charge is 2.17. The fourth-order valence-corrected chi connectivity index (χ4v) is 3.30. The van der Waals surface area contributed by atoms with E-state index in [9.17, 15) is 9.32 Å². The number of hydrogen-bond acceptors (Lipinski definition) is 3. The van der Waals surface area contributed by atoms with Crippen molar-refractivity contribution in [1.82, 2.24) is 0 Å². The zero-order valence-corrected chi connectivity index (χ0v) is 15.2. The van der Waals surface area contributed by atoms with Crippen LogP contribution < -0.4 is 8.91 Å². The van der Waals surface area contributed by atoms with Gasteiger partial charge in [0.2, 0.25) is 0 Å². The second-order valence-electron chi connectivity index (χ2n) is 5.91. The molecule has 2 N–H and O–H groups in total. The van der Waals surface area contributed by atoms with Gasteiger partial charge in [-0.25, -0.2) is 0 Å². The number of phenolic OH excluding ortho intramolecular Hbond substituents is 1. The molecule has 2 rings (SSSR count). The van der Waals surface area contributed by atoms with Gasteiger partial charge in [-0.15, -0.1) is 0 Å². The predicted octanol–water partition coefficient (Wildman–Crippen LogP) is 4.31. The van der Waals surface area contributed by atoms with Gasteiger partial charge in [0.25, 0.3) is 0 Å². The quantitative estimate of drug-likeness (QED) is 0.820. The number of phenols is 1. The van der Waals surface area contributed by atoms with Crippen molar-refractivity contribution < 1.29 is 13.5 Å². The number of rotatable bonds is 4. The molecule has 0 aromatic heterocycles. The van der Waals surface area contributed by atoms with E-state index in [0.717, 1.165) is 33.4 Å². The molecule has 5 heteroatoms. The van der Waals surface area contributed by atoms with Gasteiger partial charge < -0.3 is 9.29 Å². The Morgan fingerprint density at radius 3 is 2.17 bits per heavy atom.